The fraction of sp³-hybridized carbons (Fsp3) is 0.538. The van der Waals surface area contributed by atoms with E-state index in [1.54, 1.807) is 0 Å². The molecular weight excluding hydrogens is 228 g/mol. The molecule has 0 amide bonds. The van der Waals surface area contributed by atoms with Gasteiger partial charge in [0.05, 0.1) is 25.0 Å². The van der Waals surface area contributed by atoms with E-state index in [0.717, 1.165) is 23.9 Å². The standard InChI is InChI=1S/C13H20N4O/c1-9-5-15-17(7-9)8-10(2)14-6-13-16-11(3)12(4)18-13/h5,7,10,14H,6,8H2,1-4H3/t10-/m0/s1. The van der Waals surface area contributed by atoms with E-state index in [1.807, 2.05) is 37.8 Å². The minimum absolute atomic E-state index is 0.316. The summed E-state index contributed by atoms with van der Waals surface area (Å²) >= 11 is 0. The van der Waals surface area contributed by atoms with Gasteiger partial charge < -0.3 is 9.73 Å². The summed E-state index contributed by atoms with van der Waals surface area (Å²) in [6.45, 7) is 9.54. The summed E-state index contributed by atoms with van der Waals surface area (Å²) in [4.78, 5) is 4.34. The molecule has 0 aliphatic rings. The molecule has 0 saturated heterocycles. The molecule has 2 aromatic heterocycles. The highest BCUT2D eigenvalue weighted by molar-refractivity contribution is 5.05. The van der Waals surface area contributed by atoms with Crippen LogP contribution in [0.3, 0.4) is 0 Å². The van der Waals surface area contributed by atoms with Gasteiger partial charge in [-0.25, -0.2) is 4.98 Å². The van der Waals surface area contributed by atoms with Crippen LogP contribution in [0, 0.1) is 20.8 Å². The summed E-state index contributed by atoms with van der Waals surface area (Å²) in [5.41, 5.74) is 2.14. The Kier molecular flexibility index (Phi) is 3.81. The molecule has 0 unspecified atom stereocenters. The smallest absolute Gasteiger partial charge is 0.208 e. The molecule has 0 spiro atoms. The molecule has 0 fully saturated rings. The highest BCUT2D eigenvalue weighted by atomic mass is 16.4. The van der Waals surface area contributed by atoms with Crippen LogP contribution in [0.5, 0.6) is 0 Å². The third-order valence-corrected chi connectivity index (χ3v) is 2.90. The normalized spacial score (nSPS) is 12.9. The second kappa shape index (κ2) is 5.35. The van der Waals surface area contributed by atoms with Crippen molar-refractivity contribution in [3.8, 4) is 0 Å². The molecule has 0 radical (unpaired) electrons. The number of aryl methyl sites for hydroxylation is 3. The van der Waals surface area contributed by atoms with Crippen molar-refractivity contribution in [1.82, 2.24) is 20.1 Å². The van der Waals surface area contributed by atoms with Gasteiger partial charge in [-0.3, -0.25) is 4.68 Å². The zero-order valence-electron chi connectivity index (χ0n) is 11.4. The summed E-state index contributed by atoms with van der Waals surface area (Å²) in [5, 5.41) is 7.65. The Morgan fingerprint density at radius 2 is 2.17 bits per heavy atom. The van der Waals surface area contributed by atoms with Crippen LogP contribution < -0.4 is 5.32 Å². The molecule has 0 aliphatic carbocycles. The number of rotatable bonds is 5. The van der Waals surface area contributed by atoms with E-state index in [-0.39, 0.29) is 0 Å². The van der Waals surface area contributed by atoms with Crippen molar-refractivity contribution in [2.45, 2.75) is 46.8 Å². The van der Waals surface area contributed by atoms with E-state index in [9.17, 15) is 0 Å². The quantitative estimate of drug-likeness (QED) is 0.879. The van der Waals surface area contributed by atoms with Crippen LogP contribution in [0.2, 0.25) is 0 Å². The predicted octanol–water partition coefficient (Wildman–Crippen LogP) is 1.97. The lowest BCUT2D eigenvalue weighted by molar-refractivity contribution is 0.400. The molecule has 1 atom stereocenters. The largest absolute Gasteiger partial charge is 0.444 e. The van der Waals surface area contributed by atoms with Crippen LogP contribution in [0.4, 0.5) is 0 Å². The third kappa shape index (κ3) is 3.20. The fourth-order valence-corrected chi connectivity index (χ4v) is 1.79. The number of nitrogens with zero attached hydrogens (tertiary/aromatic N) is 3. The van der Waals surface area contributed by atoms with Crippen LogP contribution in [-0.4, -0.2) is 20.8 Å². The average Bonchev–Trinajstić information content (AvgIpc) is 2.84. The van der Waals surface area contributed by atoms with Crippen molar-refractivity contribution in [1.29, 1.82) is 0 Å². The van der Waals surface area contributed by atoms with Crippen LogP contribution in [0.25, 0.3) is 0 Å². The Morgan fingerprint density at radius 1 is 1.39 bits per heavy atom. The van der Waals surface area contributed by atoms with Crippen LogP contribution >= 0.6 is 0 Å². The average molecular weight is 248 g/mol. The number of hydrogen-bond acceptors (Lipinski definition) is 4. The lowest BCUT2D eigenvalue weighted by atomic mass is 10.3. The molecule has 0 aliphatic heterocycles. The first kappa shape index (κ1) is 12.8. The van der Waals surface area contributed by atoms with Crippen LogP contribution in [0.15, 0.2) is 16.8 Å². The van der Waals surface area contributed by atoms with Gasteiger partial charge in [0.25, 0.3) is 0 Å². The van der Waals surface area contributed by atoms with Gasteiger partial charge in [-0.2, -0.15) is 5.10 Å². The zero-order valence-corrected chi connectivity index (χ0v) is 11.4. The Balaban J connectivity index is 1.83. The molecule has 2 rings (SSSR count). The van der Waals surface area contributed by atoms with E-state index in [2.05, 4.69) is 22.3 Å². The Bertz CT molecular complexity index is 495. The van der Waals surface area contributed by atoms with Crippen LogP contribution in [-0.2, 0) is 13.1 Å². The predicted molar refractivity (Wildman–Crippen MR) is 69.2 cm³/mol. The molecule has 0 bridgehead atoms. The van der Waals surface area contributed by atoms with Gasteiger partial charge in [0.1, 0.15) is 5.76 Å². The Labute approximate surface area is 107 Å². The first-order valence-electron chi connectivity index (χ1n) is 6.20. The molecule has 5 nitrogen and oxygen atoms in total. The van der Waals surface area contributed by atoms with Crippen molar-refractivity contribution in [3.63, 3.8) is 0 Å². The van der Waals surface area contributed by atoms with Gasteiger partial charge in [-0.15, -0.1) is 0 Å². The fourth-order valence-electron chi connectivity index (χ4n) is 1.79. The Morgan fingerprint density at radius 3 is 2.72 bits per heavy atom. The molecule has 0 aromatic carbocycles. The molecular formula is C13H20N4O. The van der Waals surface area contributed by atoms with Crippen molar-refractivity contribution < 1.29 is 4.42 Å². The monoisotopic (exact) mass is 248 g/mol. The summed E-state index contributed by atoms with van der Waals surface area (Å²) in [6, 6.07) is 0.316. The van der Waals surface area contributed by atoms with E-state index in [4.69, 9.17) is 4.42 Å². The van der Waals surface area contributed by atoms with Gasteiger partial charge >= 0.3 is 0 Å². The second-order valence-corrected chi connectivity index (χ2v) is 4.77. The molecule has 1 N–H and O–H groups in total. The number of hydrogen-bond donors (Lipinski definition) is 1. The number of nitrogens with one attached hydrogen (secondary N) is 1. The summed E-state index contributed by atoms with van der Waals surface area (Å²) in [6.07, 6.45) is 3.91. The van der Waals surface area contributed by atoms with Gasteiger partial charge in [-0.1, -0.05) is 0 Å². The van der Waals surface area contributed by atoms with Gasteiger partial charge in [0.2, 0.25) is 5.89 Å². The minimum atomic E-state index is 0.316. The number of aromatic nitrogens is 3. The maximum atomic E-state index is 5.52. The summed E-state index contributed by atoms with van der Waals surface area (Å²) in [7, 11) is 0. The van der Waals surface area contributed by atoms with Gasteiger partial charge in [0.15, 0.2) is 0 Å². The van der Waals surface area contributed by atoms with E-state index in [0.29, 0.717) is 12.6 Å². The first-order valence-corrected chi connectivity index (χ1v) is 6.20. The van der Waals surface area contributed by atoms with Crippen molar-refractivity contribution in [2.75, 3.05) is 0 Å². The van der Waals surface area contributed by atoms with E-state index in [1.165, 1.54) is 5.56 Å². The molecule has 2 aromatic rings. The van der Waals surface area contributed by atoms with Crippen LogP contribution in [0.1, 0.15) is 29.8 Å². The highest BCUT2D eigenvalue weighted by Gasteiger charge is 2.08. The zero-order chi connectivity index (χ0) is 13.1. The van der Waals surface area contributed by atoms with Gasteiger partial charge in [0, 0.05) is 12.2 Å². The summed E-state index contributed by atoms with van der Waals surface area (Å²) < 4.78 is 7.47. The number of oxazole rings is 1. The molecule has 0 saturated carbocycles. The summed E-state index contributed by atoms with van der Waals surface area (Å²) in [5.74, 6) is 1.63. The molecule has 18 heavy (non-hydrogen) atoms. The lowest BCUT2D eigenvalue weighted by Crippen LogP contribution is -2.30. The molecule has 2 heterocycles. The lowest BCUT2D eigenvalue weighted by Gasteiger charge is -2.12. The second-order valence-electron chi connectivity index (χ2n) is 4.77. The Hall–Kier alpha value is -1.62. The highest BCUT2D eigenvalue weighted by Crippen LogP contribution is 2.08. The topological polar surface area (TPSA) is 55.9 Å². The third-order valence-electron chi connectivity index (χ3n) is 2.90. The first-order chi connectivity index (χ1) is 8.54. The van der Waals surface area contributed by atoms with Crippen molar-refractivity contribution >= 4 is 0 Å². The maximum absolute atomic E-state index is 5.52. The maximum Gasteiger partial charge on any atom is 0.208 e. The molecule has 5 heteroatoms. The van der Waals surface area contributed by atoms with Gasteiger partial charge in [-0.05, 0) is 33.3 Å². The SMILES string of the molecule is Cc1cnn(C[C@H](C)NCc2nc(C)c(C)o2)c1. The minimum Gasteiger partial charge on any atom is -0.444 e. The van der Waals surface area contributed by atoms with Crippen molar-refractivity contribution in [2.24, 2.45) is 0 Å². The molecule has 98 valence electrons. The van der Waals surface area contributed by atoms with E-state index < -0.39 is 0 Å². The van der Waals surface area contributed by atoms with Crippen molar-refractivity contribution in [3.05, 3.63) is 35.3 Å². The van der Waals surface area contributed by atoms with E-state index >= 15 is 0 Å².